The molecule has 1 aliphatic carbocycles. The Hall–Kier alpha value is -2.41. The summed E-state index contributed by atoms with van der Waals surface area (Å²) in [5.74, 6) is -0.351. The Bertz CT molecular complexity index is 788. The van der Waals surface area contributed by atoms with Crippen LogP contribution in [0.1, 0.15) is 61.4 Å². The van der Waals surface area contributed by atoms with Crippen molar-refractivity contribution in [2.45, 2.75) is 64.5 Å². The maximum atomic E-state index is 13.1. The molecule has 3 unspecified atom stereocenters. The Labute approximate surface area is 177 Å². The Morgan fingerprint density at radius 3 is 2.67 bits per heavy atom. The van der Waals surface area contributed by atoms with E-state index in [9.17, 15) is 19.5 Å². The van der Waals surface area contributed by atoms with Crippen LogP contribution in [0, 0.1) is 18.8 Å². The van der Waals surface area contributed by atoms with Gasteiger partial charge in [-0.3, -0.25) is 14.4 Å². The number of Topliss-reactive ketones (excluding diaryl/α,β-unsaturated/α-hetero) is 1. The van der Waals surface area contributed by atoms with E-state index in [-0.39, 0.29) is 35.9 Å². The molecule has 1 aromatic rings. The first-order valence-electron chi connectivity index (χ1n) is 10.9. The van der Waals surface area contributed by atoms with Gasteiger partial charge in [0.1, 0.15) is 18.4 Å². The van der Waals surface area contributed by atoms with Crippen molar-refractivity contribution in [1.82, 2.24) is 10.6 Å². The van der Waals surface area contributed by atoms with E-state index in [1.54, 1.807) is 13.0 Å². The molecule has 1 saturated heterocycles. The van der Waals surface area contributed by atoms with Gasteiger partial charge in [0.25, 0.3) is 5.91 Å². The smallest absolute Gasteiger partial charge is 0.251 e. The standard InChI is InChI=1S/C23H32N2O5/c1-3-16-12-30-13-20(27)21(16)25-23(29)18(11-15-6-4-5-7-15)24-22(28)17-8-9-19(26)14(2)10-17/h8-10,15-16,18,21,26H,3-7,11-13H2,1-2H3,(H,24,28)(H,25,29). The number of rotatable bonds is 7. The lowest BCUT2D eigenvalue weighted by Crippen LogP contribution is -2.57. The van der Waals surface area contributed by atoms with Crippen LogP contribution in [0.5, 0.6) is 5.75 Å². The minimum Gasteiger partial charge on any atom is -0.508 e. The number of ether oxygens (including phenoxy) is 1. The third-order valence-electron chi connectivity index (χ3n) is 6.34. The van der Waals surface area contributed by atoms with E-state index in [0.717, 1.165) is 32.1 Å². The third kappa shape index (κ3) is 5.39. The van der Waals surface area contributed by atoms with Gasteiger partial charge in [-0.2, -0.15) is 0 Å². The zero-order valence-corrected chi connectivity index (χ0v) is 17.8. The number of phenolic OH excluding ortho intramolecular Hbond substituents is 1. The molecule has 0 aromatic heterocycles. The van der Waals surface area contributed by atoms with Crippen molar-refractivity contribution < 1.29 is 24.2 Å². The van der Waals surface area contributed by atoms with Crippen LogP contribution in [-0.2, 0) is 14.3 Å². The van der Waals surface area contributed by atoms with E-state index in [4.69, 9.17) is 4.74 Å². The van der Waals surface area contributed by atoms with Crippen LogP contribution in [0.4, 0.5) is 0 Å². The molecule has 164 valence electrons. The van der Waals surface area contributed by atoms with Gasteiger partial charge in [-0.1, -0.05) is 32.6 Å². The lowest BCUT2D eigenvalue weighted by Gasteiger charge is -2.32. The van der Waals surface area contributed by atoms with Gasteiger partial charge in [-0.25, -0.2) is 0 Å². The number of nitrogens with one attached hydrogen (secondary N) is 2. The van der Waals surface area contributed by atoms with Crippen molar-refractivity contribution in [3.8, 4) is 5.75 Å². The van der Waals surface area contributed by atoms with E-state index in [1.807, 2.05) is 6.92 Å². The van der Waals surface area contributed by atoms with E-state index in [2.05, 4.69) is 10.6 Å². The first-order valence-corrected chi connectivity index (χ1v) is 10.9. The predicted molar refractivity (Wildman–Crippen MR) is 112 cm³/mol. The second kappa shape index (κ2) is 10.1. The number of ketones is 1. The van der Waals surface area contributed by atoms with Crippen molar-refractivity contribution in [1.29, 1.82) is 0 Å². The van der Waals surface area contributed by atoms with Crippen molar-refractivity contribution in [2.75, 3.05) is 13.2 Å². The molecule has 2 aliphatic rings. The maximum Gasteiger partial charge on any atom is 0.251 e. The summed E-state index contributed by atoms with van der Waals surface area (Å²) in [6, 6.07) is 3.34. The van der Waals surface area contributed by atoms with E-state index >= 15 is 0 Å². The normalized spacial score (nSPS) is 23.2. The number of hydrogen-bond acceptors (Lipinski definition) is 5. The average molecular weight is 417 g/mol. The molecule has 1 aromatic carbocycles. The van der Waals surface area contributed by atoms with Crippen LogP contribution in [0.15, 0.2) is 18.2 Å². The number of phenols is 1. The van der Waals surface area contributed by atoms with Crippen LogP contribution in [0.25, 0.3) is 0 Å². The molecule has 30 heavy (non-hydrogen) atoms. The Morgan fingerprint density at radius 2 is 2.00 bits per heavy atom. The van der Waals surface area contributed by atoms with Crippen LogP contribution in [0.2, 0.25) is 0 Å². The Balaban J connectivity index is 1.73. The van der Waals surface area contributed by atoms with Crippen LogP contribution in [-0.4, -0.2) is 48.0 Å². The van der Waals surface area contributed by atoms with Gasteiger partial charge < -0.3 is 20.5 Å². The molecule has 3 N–H and O–H groups in total. The molecule has 7 heteroatoms. The van der Waals surface area contributed by atoms with Gasteiger partial charge >= 0.3 is 0 Å². The monoisotopic (exact) mass is 416 g/mol. The largest absolute Gasteiger partial charge is 0.508 e. The SMILES string of the molecule is CCC1COCC(=O)C1NC(=O)C(CC1CCCC1)NC(=O)c1ccc(O)c(C)c1. The number of aromatic hydroxyl groups is 1. The number of carbonyl (C=O) groups is 3. The van der Waals surface area contributed by atoms with Crippen molar-refractivity contribution in [3.63, 3.8) is 0 Å². The summed E-state index contributed by atoms with van der Waals surface area (Å²) in [6.07, 6.45) is 5.66. The summed E-state index contributed by atoms with van der Waals surface area (Å²) in [5, 5.41) is 15.5. The fourth-order valence-corrected chi connectivity index (χ4v) is 4.41. The van der Waals surface area contributed by atoms with Gasteiger partial charge in [0, 0.05) is 11.5 Å². The Morgan fingerprint density at radius 1 is 1.27 bits per heavy atom. The summed E-state index contributed by atoms with van der Waals surface area (Å²) in [5.41, 5.74) is 0.987. The highest BCUT2D eigenvalue weighted by atomic mass is 16.5. The second-order valence-electron chi connectivity index (χ2n) is 8.55. The number of amides is 2. The van der Waals surface area contributed by atoms with Crippen LogP contribution >= 0.6 is 0 Å². The minimum atomic E-state index is -0.706. The van der Waals surface area contributed by atoms with Gasteiger partial charge in [-0.15, -0.1) is 0 Å². The van der Waals surface area contributed by atoms with Gasteiger partial charge in [0.05, 0.1) is 12.6 Å². The molecule has 0 radical (unpaired) electrons. The van der Waals surface area contributed by atoms with Crippen LogP contribution in [0.3, 0.4) is 0 Å². The quantitative estimate of drug-likeness (QED) is 0.633. The maximum absolute atomic E-state index is 13.1. The van der Waals surface area contributed by atoms with Crippen molar-refractivity contribution in [3.05, 3.63) is 29.3 Å². The highest BCUT2D eigenvalue weighted by Gasteiger charge is 2.35. The first kappa shape index (κ1) is 22.3. The van der Waals surface area contributed by atoms with E-state index < -0.39 is 12.1 Å². The molecule has 1 saturated carbocycles. The molecule has 3 atom stereocenters. The number of benzene rings is 1. The van der Waals surface area contributed by atoms with E-state index in [1.165, 1.54) is 12.1 Å². The summed E-state index contributed by atoms with van der Waals surface area (Å²) < 4.78 is 5.32. The van der Waals surface area contributed by atoms with Gasteiger partial charge in [0.2, 0.25) is 5.91 Å². The predicted octanol–water partition coefficient (Wildman–Crippen LogP) is 2.49. The van der Waals surface area contributed by atoms with Gasteiger partial charge in [0.15, 0.2) is 5.78 Å². The Kier molecular flexibility index (Phi) is 7.48. The fourth-order valence-electron chi connectivity index (χ4n) is 4.41. The lowest BCUT2D eigenvalue weighted by atomic mass is 9.91. The van der Waals surface area contributed by atoms with E-state index in [0.29, 0.717) is 30.1 Å². The molecule has 1 heterocycles. The van der Waals surface area contributed by atoms with Crippen molar-refractivity contribution >= 4 is 17.6 Å². The lowest BCUT2D eigenvalue weighted by molar-refractivity contribution is -0.138. The topological polar surface area (TPSA) is 105 Å². The minimum absolute atomic E-state index is 0.00782. The molecule has 2 amide bonds. The van der Waals surface area contributed by atoms with Crippen LogP contribution < -0.4 is 10.6 Å². The highest BCUT2D eigenvalue weighted by molar-refractivity contribution is 5.99. The second-order valence-corrected chi connectivity index (χ2v) is 8.55. The number of aryl methyl sites for hydroxylation is 1. The molecular weight excluding hydrogens is 384 g/mol. The number of hydrogen-bond donors (Lipinski definition) is 3. The summed E-state index contributed by atoms with van der Waals surface area (Å²) >= 11 is 0. The van der Waals surface area contributed by atoms with Crippen molar-refractivity contribution in [2.24, 2.45) is 11.8 Å². The fraction of sp³-hybridized carbons (Fsp3) is 0.609. The summed E-state index contributed by atoms with van der Waals surface area (Å²) in [4.78, 5) is 38.3. The first-order chi connectivity index (χ1) is 14.4. The molecule has 0 spiro atoms. The summed E-state index contributed by atoms with van der Waals surface area (Å²) in [7, 11) is 0. The molecular formula is C23H32N2O5. The molecule has 3 rings (SSSR count). The summed E-state index contributed by atoms with van der Waals surface area (Å²) in [6.45, 7) is 4.14. The molecule has 1 aliphatic heterocycles. The molecule has 7 nitrogen and oxygen atoms in total. The zero-order chi connectivity index (χ0) is 21.7. The third-order valence-corrected chi connectivity index (χ3v) is 6.34. The number of carbonyl (C=O) groups excluding carboxylic acids is 3. The molecule has 2 fully saturated rings. The highest BCUT2D eigenvalue weighted by Crippen LogP contribution is 2.29. The zero-order valence-electron chi connectivity index (χ0n) is 17.8. The van der Waals surface area contributed by atoms with Gasteiger partial charge in [-0.05, 0) is 49.4 Å². The molecule has 0 bridgehead atoms. The average Bonchev–Trinajstić information content (AvgIpc) is 3.24.